The number of likely N-dealkylation sites (tertiary alicyclic amines) is 1. The summed E-state index contributed by atoms with van der Waals surface area (Å²) in [7, 11) is 0. The summed E-state index contributed by atoms with van der Waals surface area (Å²) in [5.74, 6) is 6.16. The Morgan fingerprint density at radius 1 is 1.18 bits per heavy atom. The average molecular weight is 151 g/mol. The van der Waals surface area contributed by atoms with Crippen LogP contribution in [0, 0.1) is 11.8 Å². The highest BCUT2D eigenvalue weighted by Gasteiger charge is 2.13. The van der Waals surface area contributed by atoms with Gasteiger partial charge in [-0.2, -0.15) is 0 Å². The Balaban J connectivity index is 2.36. The van der Waals surface area contributed by atoms with Crippen LogP contribution in [0.3, 0.4) is 0 Å². The zero-order valence-corrected chi connectivity index (χ0v) is 7.56. The zero-order valence-electron chi connectivity index (χ0n) is 7.56. The molecule has 1 rings (SSSR count). The van der Waals surface area contributed by atoms with Crippen molar-refractivity contribution in [2.24, 2.45) is 0 Å². The predicted molar refractivity (Wildman–Crippen MR) is 48.3 cm³/mol. The summed E-state index contributed by atoms with van der Waals surface area (Å²) < 4.78 is 0. The highest BCUT2D eigenvalue weighted by Crippen LogP contribution is 2.11. The van der Waals surface area contributed by atoms with Crippen LogP contribution in [0.15, 0.2) is 0 Å². The first kappa shape index (κ1) is 8.62. The van der Waals surface area contributed by atoms with Gasteiger partial charge in [0.15, 0.2) is 0 Å². The van der Waals surface area contributed by atoms with Crippen molar-refractivity contribution in [1.29, 1.82) is 0 Å². The molecule has 0 aromatic heterocycles. The van der Waals surface area contributed by atoms with Crippen LogP contribution in [0.5, 0.6) is 0 Å². The van der Waals surface area contributed by atoms with Gasteiger partial charge in [0.05, 0.1) is 6.04 Å². The van der Waals surface area contributed by atoms with Crippen molar-refractivity contribution < 1.29 is 0 Å². The van der Waals surface area contributed by atoms with E-state index in [2.05, 4.69) is 23.7 Å². The van der Waals surface area contributed by atoms with Gasteiger partial charge in [0.1, 0.15) is 0 Å². The highest BCUT2D eigenvalue weighted by atomic mass is 15.1. The van der Waals surface area contributed by atoms with Crippen molar-refractivity contribution in [3.05, 3.63) is 0 Å². The Bertz CT molecular complexity index is 157. The third kappa shape index (κ3) is 2.55. The summed E-state index contributed by atoms with van der Waals surface area (Å²) in [6.07, 6.45) is 4.12. The molecule has 1 aliphatic heterocycles. The highest BCUT2D eigenvalue weighted by molar-refractivity contribution is 5.04. The van der Waals surface area contributed by atoms with Gasteiger partial charge in [-0.15, -0.1) is 5.92 Å². The van der Waals surface area contributed by atoms with Gasteiger partial charge in [0, 0.05) is 0 Å². The van der Waals surface area contributed by atoms with Gasteiger partial charge in [-0.05, 0) is 39.8 Å². The van der Waals surface area contributed by atoms with Crippen molar-refractivity contribution in [3.63, 3.8) is 0 Å². The van der Waals surface area contributed by atoms with E-state index in [4.69, 9.17) is 0 Å². The van der Waals surface area contributed by atoms with Gasteiger partial charge in [-0.25, -0.2) is 0 Å². The number of nitrogens with zero attached hydrogens (tertiary/aromatic N) is 1. The summed E-state index contributed by atoms with van der Waals surface area (Å²) in [5.41, 5.74) is 0. The normalized spacial score (nSPS) is 22.0. The molecule has 0 saturated carbocycles. The van der Waals surface area contributed by atoms with E-state index in [1.807, 2.05) is 6.92 Å². The second-order valence-electron chi connectivity index (χ2n) is 3.17. The van der Waals surface area contributed by atoms with E-state index in [1.165, 1.54) is 32.4 Å². The first-order chi connectivity index (χ1) is 5.34. The van der Waals surface area contributed by atoms with E-state index >= 15 is 0 Å². The van der Waals surface area contributed by atoms with E-state index < -0.39 is 0 Å². The lowest BCUT2D eigenvalue weighted by atomic mass is 10.1. The first-order valence-electron chi connectivity index (χ1n) is 4.51. The molecule has 1 heterocycles. The third-order valence-corrected chi connectivity index (χ3v) is 2.29. The molecule has 1 aliphatic rings. The monoisotopic (exact) mass is 151 g/mol. The fraction of sp³-hybridized carbons (Fsp3) is 0.800. The number of hydrogen-bond acceptors (Lipinski definition) is 1. The molecule has 1 saturated heterocycles. The molecule has 0 aromatic rings. The molecule has 0 unspecified atom stereocenters. The van der Waals surface area contributed by atoms with E-state index in [-0.39, 0.29) is 0 Å². The van der Waals surface area contributed by atoms with Gasteiger partial charge in [-0.1, -0.05) is 12.3 Å². The van der Waals surface area contributed by atoms with Crippen molar-refractivity contribution in [1.82, 2.24) is 4.90 Å². The molecule has 1 atom stereocenters. The number of hydrogen-bond donors (Lipinski definition) is 0. The Morgan fingerprint density at radius 2 is 1.82 bits per heavy atom. The number of piperidine rings is 1. The Morgan fingerprint density at radius 3 is 2.36 bits per heavy atom. The fourth-order valence-corrected chi connectivity index (χ4v) is 1.61. The molecule has 11 heavy (non-hydrogen) atoms. The average Bonchev–Trinajstić information content (AvgIpc) is 2.07. The quantitative estimate of drug-likeness (QED) is 0.517. The second kappa shape index (κ2) is 4.41. The van der Waals surface area contributed by atoms with Gasteiger partial charge in [0.2, 0.25) is 0 Å². The Hall–Kier alpha value is -0.480. The molecule has 1 heteroatoms. The third-order valence-electron chi connectivity index (χ3n) is 2.29. The minimum Gasteiger partial charge on any atom is -0.290 e. The topological polar surface area (TPSA) is 3.24 Å². The SMILES string of the molecule is CC#C[C@H](C)N1CCCCC1. The maximum Gasteiger partial charge on any atom is 0.0685 e. The molecule has 0 spiro atoms. The van der Waals surface area contributed by atoms with Crippen LogP contribution in [0.4, 0.5) is 0 Å². The minimum absolute atomic E-state index is 0.472. The maximum atomic E-state index is 3.19. The van der Waals surface area contributed by atoms with Gasteiger partial charge in [0.25, 0.3) is 0 Å². The van der Waals surface area contributed by atoms with Crippen molar-refractivity contribution in [2.75, 3.05) is 13.1 Å². The van der Waals surface area contributed by atoms with Crippen LogP contribution >= 0.6 is 0 Å². The first-order valence-corrected chi connectivity index (χ1v) is 4.51. The van der Waals surface area contributed by atoms with Crippen LogP contribution in [0.1, 0.15) is 33.1 Å². The summed E-state index contributed by atoms with van der Waals surface area (Å²) in [6, 6.07) is 0.472. The van der Waals surface area contributed by atoms with Crippen LogP contribution in [-0.4, -0.2) is 24.0 Å². The molecular formula is C10H17N. The second-order valence-corrected chi connectivity index (χ2v) is 3.17. The van der Waals surface area contributed by atoms with E-state index in [1.54, 1.807) is 0 Å². The lowest BCUT2D eigenvalue weighted by Gasteiger charge is -2.29. The number of rotatable bonds is 1. The molecule has 0 aromatic carbocycles. The van der Waals surface area contributed by atoms with Gasteiger partial charge < -0.3 is 0 Å². The largest absolute Gasteiger partial charge is 0.290 e. The molecule has 0 amide bonds. The molecule has 1 fully saturated rings. The molecule has 1 nitrogen and oxygen atoms in total. The molecule has 62 valence electrons. The summed E-state index contributed by atoms with van der Waals surface area (Å²) in [4.78, 5) is 2.47. The fourth-order valence-electron chi connectivity index (χ4n) is 1.61. The molecule has 0 radical (unpaired) electrons. The van der Waals surface area contributed by atoms with E-state index in [0.717, 1.165) is 0 Å². The van der Waals surface area contributed by atoms with E-state index in [9.17, 15) is 0 Å². The maximum absolute atomic E-state index is 3.19. The minimum atomic E-state index is 0.472. The standard InChI is InChI=1S/C10H17N/c1-3-7-10(2)11-8-5-4-6-9-11/h10H,4-6,8-9H2,1-2H3/t10-/m0/s1. The smallest absolute Gasteiger partial charge is 0.0685 e. The Labute approximate surface area is 69.8 Å². The predicted octanol–water partition coefficient (Wildman–Crippen LogP) is 1.88. The summed E-state index contributed by atoms with van der Waals surface area (Å²) in [6.45, 7) is 6.61. The molecular weight excluding hydrogens is 134 g/mol. The van der Waals surface area contributed by atoms with Crippen molar-refractivity contribution >= 4 is 0 Å². The summed E-state index contributed by atoms with van der Waals surface area (Å²) in [5, 5.41) is 0. The van der Waals surface area contributed by atoms with Gasteiger partial charge >= 0.3 is 0 Å². The van der Waals surface area contributed by atoms with Crippen molar-refractivity contribution in [3.8, 4) is 11.8 Å². The van der Waals surface area contributed by atoms with Crippen LogP contribution < -0.4 is 0 Å². The van der Waals surface area contributed by atoms with Gasteiger partial charge in [-0.3, -0.25) is 4.90 Å². The summed E-state index contributed by atoms with van der Waals surface area (Å²) >= 11 is 0. The molecule has 0 aliphatic carbocycles. The molecule has 0 bridgehead atoms. The van der Waals surface area contributed by atoms with Crippen LogP contribution in [0.2, 0.25) is 0 Å². The lowest BCUT2D eigenvalue weighted by Crippen LogP contribution is -2.36. The molecule has 0 N–H and O–H groups in total. The van der Waals surface area contributed by atoms with Crippen LogP contribution in [0.25, 0.3) is 0 Å². The van der Waals surface area contributed by atoms with E-state index in [0.29, 0.717) is 6.04 Å². The Kier molecular flexibility index (Phi) is 3.45. The lowest BCUT2D eigenvalue weighted by molar-refractivity contribution is 0.206. The van der Waals surface area contributed by atoms with Crippen LogP contribution in [-0.2, 0) is 0 Å². The van der Waals surface area contributed by atoms with Crippen molar-refractivity contribution in [2.45, 2.75) is 39.2 Å². The zero-order chi connectivity index (χ0) is 8.10.